The molecule has 50 valence electrons. The van der Waals surface area contributed by atoms with Crippen molar-refractivity contribution in [2.45, 2.75) is 6.92 Å². The van der Waals surface area contributed by atoms with E-state index in [1.165, 1.54) is 5.56 Å². The van der Waals surface area contributed by atoms with Crippen LogP contribution in [0.3, 0.4) is 0 Å². The maximum Gasteiger partial charge on any atom is 0.153 e. The average molecular weight is 133 g/mol. The lowest BCUT2D eigenvalue weighted by atomic mass is 10.4. The molecular formula is C7H7N3. The highest BCUT2D eigenvalue weighted by molar-refractivity contribution is 5.40. The Balaban J connectivity index is 2.88. The lowest BCUT2D eigenvalue weighted by Gasteiger charge is -1.86. The summed E-state index contributed by atoms with van der Waals surface area (Å²) in [6, 6.07) is 1.99. The summed E-state index contributed by atoms with van der Waals surface area (Å²) in [7, 11) is 0. The number of hydrogen-bond acceptors (Lipinski definition) is 2. The SMILES string of the molecule is Cc1cc2nccnn2c1. The number of nitrogens with zero attached hydrogens (tertiary/aromatic N) is 3. The van der Waals surface area contributed by atoms with Gasteiger partial charge in [-0.25, -0.2) is 9.50 Å². The van der Waals surface area contributed by atoms with Gasteiger partial charge < -0.3 is 0 Å². The summed E-state index contributed by atoms with van der Waals surface area (Å²) in [5.74, 6) is 0. The van der Waals surface area contributed by atoms with Crippen molar-refractivity contribution in [3.05, 3.63) is 30.2 Å². The summed E-state index contributed by atoms with van der Waals surface area (Å²) >= 11 is 0. The Labute approximate surface area is 58.3 Å². The zero-order chi connectivity index (χ0) is 6.97. The van der Waals surface area contributed by atoms with Crippen molar-refractivity contribution >= 4 is 5.65 Å². The minimum atomic E-state index is 0.903. The quantitative estimate of drug-likeness (QED) is 0.537. The second-order valence-corrected chi connectivity index (χ2v) is 2.26. The van der Waals surface area contributed by atoms with Crippen LogP contribution in [0.4, 0.5) is 0 Å². The van der Waals surface area contributed by atoms with Gasteiger partial charge >= 0.3 is 0 Å². The van der Waals surface area contributed by atoms with E-state index in [9.17, 15) is 0 Å². The zero-order valence-corrected chi connectivity index (χ0v) is 5.65. The van der Waals surface area contributed by atoms with E-state index >= 15 is 0 Å². The molecular weight excluding hydrogens is 126 g/mol. The molecule has 3 nitrogen and oxygen atoms in total. The van der Waals surface area contributed by atoms with Gasteiger partial charge in [-0.2, -0.15) is 5.10 Å². The van der Waals surface area contributed by atoms with Crippen LogP contribution in [0.5, 0.6) is 0 Å². The molecule has 0 amide bonds. The van der Waals surface area contributed by atoms with Crippen LogP contribution in [0.15, 0.2) is 24.7 Å². The van der Waals surface area contributed by atoms with Crippen LogP contribution in [0.2, 0.25) is 0 Å². The Kier molecular flexibility index (Phi) is 0.974. The maximum atomic E-state index is 4.10. The van der Waals surface area contributed by atoms with Gasteiger partial charge in [0.1, 0.15) is 0 Å². The maximum absolute atomic E-state index is 4.10. The van der Waals surface area contributed by atoms with E-state index in [-0.39, 0.29) is 0 Å². The monoisotopic (exact) mass is 133 g/mol. The molecule has 2 aromatic heterocycles. The summed E-state index contributed by atoms with van der Waals surface area (Å²) in [6.07, 6.45) is 5.31. The number of aryl methyl sites for hydroxylation is 1. The predicted molar refractivity (Wildman–Crippen MR) is 37.7 cm³/mol. The fourth-order valence-electron chi connectivity index (χ4n) is 0.966. The van der Waals surface area contributed by atoms with E-state index in [2.05, 4.69) is 10.1 Å². The molecule has 3 heteroatoms. The summed E-state index contributed by atoms with van der Waals surface area (Å²) < 4.78 is 1.76. The van der Waals surface area contributed by atoms with E-state index in [1.54, 1.807) is 16.9 Å². The number of fused-ring (bicyclic) bond motifs is 1. The van der Waals surface area contributed by atoms with E-state index < -0.39 is 0 Å². The van der Waals surface area contributed by atoms with E-state index in [0.29, 0.717) is 0 Å². The Morgan fingerprint density at radius 3 is 3.10 bits per heavy atom. The van der Waals surface area contributed by atoms with Crippen molar-refractivity contribution in [2.24, 2.45) is 0 Å². The van der Waals surface area contributed by atoms with Crippen LogP contribution < -0.4 is 0 Å². The fourth-order valence-corrected chi connectivity index (χ4v) is 0.966. The topological polar surface area (TPSA) is 30.2 Å². The third-order valence-corrected chi connectivity index (χ3v) is 1.38. The summed E-state index contributed by atoms with van der Waals surface area (Å²) in [5, 5.41) is 4.06. The highest BCUT2D eigenvalue weighted by Gasteiger charge is 1.93. The first-order chi connectivity index (χ1) is 4.86. The smallest absolute Gasteiger partial charge is 0.153 e. The van der Waals surface area contributed by atoms with Crippen molar-refractivity contribution < 1.29 is 0 Å². The lowest BCUT2D eigenvalue weighted by molar-refractivity contribution is 0.908. The van der Waals surface area contributed by atoms with Gasteiger partial charge in [-0.15, -0.1) is 0 Å². The first-order valence-corrected chi connectivity index (χ1v) is 3.12. The van der Waals surface area contributed by atoms with E-state index in [4.69, 9.17) is 0 Å². The molecule has 2 aromatic rings. The second kappa shape index (κ2) is 1.80. The largest absolute Gasteiger partial charge is 0.235 e. The Bertz CT molecular complexity index is 317. The molecule has 2 rings (SSSR count). The highest BCUT2D eigenvalue weighted by atomic mass is 15.2. The van der Waals surface area contributed by atoms with Crippen LogP contribution in [-0.2, 0) is 0 Å². The fraction of sp³-hybridized carbons (Fsp3) is 0.143. The number of hydrogen-bond donors (Lipinski definition) is 0. The summed E-state index contributed by atoms with van der Waals surface area (Å²) in [5.41, 5.74) is 2.09. The van der Waals surface area contributed by atoms with Gasteiger partial charge in [0, 0.05) is 12.4 Å². The second-order valence-electron chi connectivity index (χ2n) is 2.26. The van der Waals surface area contributed by atoms with E-state index in [0.717, 1.165) is 5.65 Å². The van der Waals surface area contributed by atoms with Gasteiger partial charge in [0.15, 0.2) is 5.65 Å². The minimum Gasteiger partial charge on any atom is -0.235 e. The number of rotatable bonds is 0. The van der Waals surface area contributed by atoms with Crippen LogP contribution >= 0.6 is 0 Å². The molecule has 0 radical (unpaired) electrons. The summed E-state index contributed by atoms with van der Waals surface area (Å²) in [6.45, 7) is 2.02. The molecule has 2 heterocycles. The van der Waals surface area contributed by atoms with Crippen molar-refractivity contribution in [2.75, 3.05) is 0 Å². The van der Waals surface area contributed by atoms with Gasteiger partial charge in [-0.3, -0.25) is 0 Å². The molecule has 0 spiro atoms. The standard InChI is InChI=1S/C7H7N3/c1-6-4-7-8-2-3-9-10(7)5-6/h2-5H,1H3. The molecule has 0 fully saturated rings. The Hall–Kier alpha value is -1.38. The Morgan fingerprint density at radius 1 is 1.40 bits per heavy atom. The van der Waals surface area contributed by atoms with Crippen molar-refractivity contribution in [1.29, 1.82) is 0 Å². The van der Waals surface area contributed by atoms with Gasteiger partial charge in [-0.05, 0) is 18.6 Å². The van der Waals surface area contributed by atoms with E-state index in [1.807, 2.05) is 19.2 Å². The van der Waals surface area contributed by atoms with Crippen LogP contribution in [-0.4, -0.2) is 14.6 Å². The molecule has 0 atom stereocenters. The molecule has 0 aromatic carbocycles. The molecule has 0 saturated carbocycles. The summed E-state index contributed by atoms with van der Waals surface area (Å²) in [4.78, 5) is 4.10. The molecule has 0 N–H and O–H groups in total. The van der Waals surface area contributed by atoms with Crippen LogP contribution in [0.1, 0.15) is 5.56 Å². The van der Waals surface area contributed by atoms with Crippen LogP contribution in [0, 0.1) is 6.92 Å². The van der Waals surface area contributed by atoms with Crippen LogP contribution in [0.25, 0.3) is 5.65 Å². The zero-order valence-electron chi connectivity index (χ0n) is 5.65. The number of aromatic nitrogens is 3. The van der Waals surface area contributed by atoms with Crippen molar-refractivity contribution in [3.8, 4) is 0 Å². The van der Waals surface area contributed by atoms with Crippen molar-refractivity contribution in [1.82, 2.24) is 14.6 Å². The third kappa shape index (κ3) is 0.673. The highest BCUT2D eigenvalue weighted by Crippen LogP contribution is 2.02. The molecule has 0 aliphatic carbocycles. The minimum absolute atomic E-state index is 0.903. The van der Waals surface area contributed by atoms with Gasteiger partial charge in [0.2, 0.25) is 0 Å². The normalized spacial score (nSPS) is 10.5. The molecule has 0 aliphatic rings. The third-order valence-electron chi connectivity index (χ3n) is 1.38. The first kappa shape index (κ1) is 5.41. The average Bonchev–Trinajstić information content (AvgIpc) is 2.27. The lowest BCUT2D eigenvalue weighted by Crippen LogP contribution is -1.88. The van der Waals surface area contributed by atoms with Crippen molar-refractivity contribution in [3.63, 3.8) is 0 Å². The molecule has 0 saturated heterocycles. The molecule has 0 aliphatic heterocycles. The predicted octanol–water partition coefficient (Wildman–Crippen LogP) is 1.04. The Morgan fingerprint density at radius 2 is 2.30 bits per heavy atom. The van der Waals surface area contributed by atoms with Gasteiger partial charge in [0.25, 0.3) is 0 Å². The molecule has 0 bridgehead atoms. The van der Waals surface area contributed by atoms with Gasteiger partial charge in [-0.1, -0.05) is 0 Å². The first-order valence-electron chi connectivity index (χ1n) is 3.12. The van der Waals surface area contributed by atoms with Gasteiger partial charge in [0.05, 0.1) is 6.20 Å². The molecule has 10 heavy (non-hydrogen) atoms. The molecule has 0 unspecified atom stereocenters.